The molecule has 0 fully saturated rings. The van der Waals surface area contributed by atoms with Gasteiger partial charge in [0, 0.05) is 17.8 Å². The Morgan fingerprint density at radius 1 is 0.800 bits per heavy atom. The normalized spacial score (nSPS) is 10.6. The van der Waals surface area contributed by atoms with Crippen LogP contribution >= 0.6 is 0 Å². The summed E-state index contributed by atoms with van der Waals surface area (Å²) in [5, 5.41) is 4.15. The SMILES string of the molecule is COc1ccc(N(Cc2ccccc2)Cc2nc(-c3cccc(OC)c3)no2)cc1. The first-order valence-corrected chi connectivity index (χ1v) is 9.65. The van der Waals surface area contributed by atoms with Crippen molar-refractivity contribution in [1.29, 1.82) is 0 Å². The van der Waals surface area contributed by atoms with Gasteiger partial charge >= 0.3 is 0 Å². The Morgan fingerprint density at radius 2 is 1.57 bits per heavy atom. The number of methoxy groups -OCH3 is 2. The Kier molecular flexibility index (Phi) is 5.94. The summed E-state index contributed by atoms with van der Waals surface area (Å²) < 4.78 is 16.1. The number of benzene rings is 3. The van der Waals surface area contributed by atoms with Gasteiger partial charge in [0.15, 0.2) is 0 Å². The molecule has 4 rings (SSSR count). The minimum absolute atomic E-state index is 0.484. The summed E-state index contributed by atoms with van der Waals surface area (Å²) in [7, 11) is 3.30. The van der Waals surface area contributed by atoms with Crippen LogP contribution in [-0.2, 0) is 13.1 Å². The van der Waals surface area contributed by atoms with Crippen molar-refractivity contribution in [2.24, 2.45) is 0 Å². The lowest BCUT2D eigenvalue weighted by atomic mass is 10.2. The monoisotopic (exact) mass is 401 g/mol. The maximum atomic E-state index is 5.56. The van der Waals surface area contributed by atoms with Crippen molar-refractivity contribution >= 4 is 5.69 Å². The van der Waals surface area contributed by atoms with Gasteiger partial charge in [-0.3, -0.25) is 0 Å². The fourth-order valence-electron chi connectivity index (χ4n) is 3.20. The number of aromatic nitrogens is 2. The topological polar surface area (TPSA) is 60.6 Å². The summed E-state index contributed by atoms with van der Waals surface area (Å²) in [6.07, 6.45) is 0. The number of rotatable bonds is 8. The molecule has 0 aliphatic carbocycles. The number of hydrogen-bond donors (Lipinski definition) is 0. The highest BCUT2D eigenvalue weighted by Gasteiger charge is 2.15. The molecule has 0 unspecified atom stereocenters. The van der Waals surface area contributed by atoms with Gasteiger partial charge in [0.1, 0.15) is 11.5 Å². The molecule has 0 amide bonds. The van der Waals surface area contributed by atoms with E-state index in [2.05, 4.69) is 27.2 Å². The van der Waals surface area contributed by atoms with Crippen LogP contribution in [0.1, 0.15) is 11.5 Å². The standard InChI is InChI=1S/C24H23N3O3/c1-28-21-13-11-20(12-14-21)27(16-18-7-4-3-5-8-18)17-23-25-24(26-30-23)19-9-6-10-22(15-19)29-2/h3-15H,16-17H2,1-2H3. The second-order valence-corrected chi connectivity index (χ2v) is 6.78. The smallest absolute Gasteiger partial charge is 0.246 e. The van der Waals surface area contributed by atoms with Crippen molar-refractivity contribution in [2.45, 2.75) is 13.1 Å². The highest BCUT2D eigenvalue weighted by molar-refractivity contribution is 5.57. The van der Waals surface area contributed by atoms with Crippen LogP contribution in [0.15, 0.2) is 83.4 Å². The summed E-state index contributed by atoms with van der Waals surface area (Å²) >= 11 is 0. The quantitative estimate of drug-likeness (QED) is 0.416. The summed E-state index contributed by atoms with van der Waals surface area (Å²) in [4.78, 5) is 6.79. The molecule has 0 spiro atoms. The molecule has 0 aliphatic rings. The molecule has 0 saturated carbocycles. The van der Waals surface area contributed by atoms with E-state index in [9.17, 15) is 0 Å². The lowest BCUT2D eigenvalue weighted by Crippen LogP contribution is -2.22. The predicted molar refractivity (Wildman–Crippen MR) is 116 cm³/mol. The molecule has 1 aromatic heterocycles. The van der Waals surface area contributed by atoms with E-state index in [-0.39, 0.29) is 0 Å². The zero-order chi connectivity index (χ0) is 20.8. The van der Waals surface area contributed by atoms with Gasteiger partial charge < -0.3 is 18.9 Å². The van der Waals surface area contributed by atoms with Crippen molar-refractivity contribution in [2.75, 3.05) is 19.1 Å². The molecule has 6 nitrogen and oxygen atoms in total. The van der Waals surface area contributed by atoms with Gasteiger partial charge in [-0.15, -0.1) is 0 Å². The molecule has 152 valence electrons. The van der Waals surface area contributed by atoms with Crippen molar-refractivity contribution < 1.29 is 14.0 Å². The van der Waals surface area contributed by atoms with E-state index in [1.54, 1.807) is 14.2 Å². The van der Waals surface area contributed by atoms with Gasteiger partial charge in [-0.2, -0.15) is 4.98 Å². The van der Waals surface area contributed by atoms with Crippen LogP contribution in [-0.4, -0.2) is 24.4 Å². The minimum atomic E-state index is 0.484. The molecule has 0 atom stereocenters. The third-order valence-corrected chi connectivity index (χ3v) is 4.78. The third-order valence-electron chi connectivity index (χ3n) is 4.78. The Balaban J connectivity index is 1.58. The zero-order valence-corrected chi connectivity index (χ0v) is 17.0. The maximum absolute atomic E-state index is 5.56. The highest BCUT2D eigenvalue weighted by atomic mass is 16.5. The van der Waals surface area contributed by atoms with Gasteiger partial charge in [0.2, 0.25) is 11.7 Å². The van der Waals surface area contributed by atoms with Crippen LogP contribution in [0, 0.1) is 0 Å². The van der Waals surface area contributed by atoms with E-state index in [4.69, 9.17) is 14.0 Å². The summed E-state index contributed by atoms with van der Waals surface area (Å²) in [6, 6.07) is 25.9. The molecule has 0 radical (unpaired) electrons. The Hall–Kier alpha value is -3.80. The molecule has 1 heterocycles. The lowest BCUT2D eigenvalue weighted by molar-refractivity contribution is 0.376. The number of nitrogens with zero attached hydrogens (tertiary/aromatic N) is 3. The average molecular weight is 401 g/mol. The second-order valence-electron chi connectivity index (χ2n) is 6.78. The largest absolute Gasteiger partial charge is 0.497 e. The fourth-order valence-corrected chi connectivity index (χ4v) is 3.20. The lowest BCUT2D eigenvalue weighted by Gasteiger charge is -2.23. The molecule has 4 aromatic rings. The van der Waals surface area contributed by atoms with Gasteiger partial charge in [-0.05, 0) is 42.0 Å². The van der Waals surface area contributed by atoms with E-state index in [1.165, 1.54) is 5.56 Å². The van der Waals surface area contributed by atoms with Crippen LogP contribution in [0.5, 0.6) is 11.5 Å². The second kappa shape index (κ2) is 9.13. The molecule has 0 bridgehead atoms. The van der Waals surface area contributed by atoms with E-state index in [0.717, 1.165) is 22.7 Å². The molecule has 0 aliphatic heterocycles. The van der Waals surface area contributed by atoms with E-state index in [0.29, 0.717) is 24.8 Å². The fraction of sp³-hybridized carbons (Fsp3) is 0.167. The molecular formula is C24H23N3O3. The van der Waals surface area contributed by atoms with Gasteiger partial charge in [-0.1, -0.05) is 47.6 Å². The minimum Gasteiger partial charge on any atom is -0.497 e. The number of ether oxygens (including phenoxy) is 2. The predicted octanol–water partition coefficient (Wildman–Crippen LogP) is 4.96. The van der Waals surface area contributed by atoms with Crippen LogP contribution in [0.4, 0.5) is 5.69 Å². The first-order chi connectivity index (χ1) is 14.7. The van der Waals surface area contributed by atoms with Crippen LogP contribution in [0.2, 0.25) is 0 Å². The van der Waals surface area contributed by atoms with E-state index < -0.39 is 0 Å². The zero-order valence-electron chi connectivity index (χ0n) is 17.0. The van der Waals surface area contributed by atoms with Crippen molar-refractivity contribution in [3.63, 3.8) is 0 Å². The van der Waals surface area contributed by atoms with Gasteiger partial charge in [0.25, 0.3) is 0 Å². The van der Waals surface area contributed by atoms with Gasteiger partial charge in [0.05, 0.1) is 20.8 Å². The van der Waals surface area contributed by atoms with Crippen molar-refractivity contribution in [1.82, 2.24) is 10.1 Å². The maximum Gasteiger partial charge on any atom is 0.246 e. The van der Waals surface area contributed by atoms with E-state index in [1.807, 2.05) is 66.7 Å². The van der Waals surface area contributed by atoms with Crippen LogP contribution in [0.25, 0.3) is 11.4 Å². The molecule has 30 heavy (non-hydrogen) atoms. The molecule has 0 N–H and O–H groups in total. The Morgan fingerprint density at radius 3 is 2.30 bits per heavy atom. The Bertz CT molecular complexity index is 1080. The van der Waals surface area contributed by atoms with Crippen LogP contribution < -0.4 is 14.4 Å². The molecule has 6 heteroatoms. The first kappa shape index (κ1) is 19.5. The van der Waals surface area contributed by atoms with Crippen LogP contribution in [0.3, 0.4) is 0 Å². The third kappa shape index (κ3) is 4.60. The molecule has 0 saturated heterocycles. The Labute approximate surface area is 175 Å². The first-order valence-electron chi connectivity index (χ1n) is 9.65. The number of anilines is 1. The number of hydrogen-bond acceptors (Lipinski definition) is 6. The molecular weight excluding hydrogens is 378 g/mol. The van der Waals surface area contributed by atoms with E-state index >= 15 is 0 Å². The summed E-state index contributed by atoms with van der Waals surface area (Å²) in [6.45, 7) is 1.20. The average Bonchev–Trinajstić information content (AvgIpc) is 3.28. The summed E-state index contributed by atoms with van der Waals surface area (Å²) in [5.74, 6) is 2.65. The highest BCUT2D eigenvalue weighted by Crippen LogP contribution is 2.25. The molecule has 3 aromatic carbocycles. The van der Waals surface area contributed by atoms with Crippen molar-refractivity contribution in [3.05, 3.63) is 90.3 Å². The van der Waals surface area contributed by atoms with Gasteiger partial charge in [-0.25, -0.2) is 0 Å². The summed E-state index contributed by atoms with van der Waals surface area (Å²) in [5.41, 5.74) is 3.09. The van der Waals surface area contributed by atoms with Crippen molar-refractivity contribution in [3.8, 4) is 22.9 Å².